The van der Waals surface area contributed by atoms with E-state index in [0.29, 0.717) is 5.69 Å². The van der Waals surface area contributed by atoms with Crippen LogP contribution in [0.4, 0.5) is 0 Å². The van der Waals surface area contributed by atoms with Crippen LogP contribution in [0.25, 0.3) is 0 Å². The van der Waals surface area contributed by atoms with Gasteiger partial charge in [0.1, 0.15) is 0 Å². The monoisotopic (exact) mass is 365 g/mol. The summed E-state index contributed by atoms with van der Waals surface area (Å²) in [5.41, 5.74) is 0.712. The van der Waals surface area contributed by atoms with Gasteiger partial charge in [-0.25, -0.2) is 8.42 Å². The van der Waals surface area contributed by atoms with E-state index in [9.17, 15) is 13.2 Å². The number of pyridine rings is 1. The summed E-state index contributed by atoms with van der Waals surface area (Å²) in [6.45, 7) is 0.00935. The number of aromatic nitrogens is 1. The van der Waals surface area contributed by atoms with Crippen LogP contribution < -0.4 is 5.32 Å². The summed E-state index contributed by atoms with van der Waals surface area (Å²) in [6, 6.07) is 12.0. The first kappa shape index (κ1) is 18.4. The summed E-state index contributed by atoms with van der Waals surface area (Å²) in [5, 5.41) is 2.66. The molecule has 0 aliphatic carbocycles. The maximum absolute atomic E-state index is 12.5. The number of sulfonamides is 1. The molecule has 0 atom stereocenters. The molecule has 0 bridgehead atoms. The van der Waals surface area contributed by atoms with Crippen molar-refractivity contribution in [1.29, 1.82) is 0 Å². The number of rotatable bonds is 7. The second-order valence-electron chi connectivity index (χ2n) is 5.03. The molecule has 0 aliphatic heterocycles. The number of thioether (sulfide) groups is 1. The second-order valence-corrected chi connectivity index (χ2v) is 7.96. The summed E-state index contributed by atoms with van der Waals surface area (Å²) in [4.78, 5) is 17.2. The number of carbonyl (C=O) groups is 1. The molecule has 24 heavy (non-hydrogen) atoms. The second kappa shape index (κ2) is 8.27. The molecule has 1 aromatic heterocycles. The van der Waals surface area contributed by atoms with Gasteiger partial charge in [-0.3, -0.25) is 9.78 Å². The molecule has 6 nitrogen and oxygen atoms in total. The van der Waals surface area contributed by atoms with Crippen molar-refractivity contribution >= 4 is 27.7 Å². The molecule has 1 N–H and O–H groups in total. The number of nitrogens with one attached hydrogen (secondary N) is 1. The average Bonchev–Trinajstić information content (AvgIpc) is 2.60. The van der Waals surface area contributed by atoms with E-state index in [-0.39, 0.29) is 23.9 Å². The van der Waals surface area contributed by atoms with Gasteiger partial charge in [-0.2, -0.15) is 4.31 Å². The Morgan fingerprint density at radius 1 is 1.21 bits per heavy atom. The highest BCUT2D eigenvalue weighted by Gasteiger charge is 2.22. The van der Waals surface area contributed by atoms with Crippen LogP contribution in [0.5, 0.6) is 0 Å². The Morgan fingerprint density at radius 3 is 2.50 bits per heavy atom. The minimum Gasteiger partial charge on any atom is -0.349 e. The highest BCUT2D eigenvalue weighted by atomic mass is 32.2. The Balaban J connectivity index is 1.96. The maximum atomic E-state index is 12.5. The van der Waals surface area contributed by atoms with Crippen LogP contribution in [0.2, 0.25) is 0 Å². The standard InChI is InChI=1S/C16H19N3O3S2/c1-19(12-16(20)18-11-13-5-3-4-10-17-13)24(21,22)15-8-6-14(23-2)7-9-15/h3-10H,11-12H2,1-2H3,(H,18,20). The molecular formula is C16H19N3O3S2. The van der Waals surface area contributed by atoms with Crippen molar-refractivity contribution in [3.8, 4) is 0 Å². The molecule has 0 radical (unpaired) electrons. The third kappa shape index (κ3) is 4.80. The van der Waals surface area contributed by atoms with Gasteiger partial charge in [-0.05, 0) is 42.7 Å². The van der Waals surface area contributed by atoms with E-state index < -0.39 is 10.0 Å². The third-order valence-electron chi connectivity index (χ3n) is 3.33. The van der Waals surface area contributed by atoms with Crippen molar-refractivity contribution < 1.29 is 13.2 Å². The maximum Gasteiger partial charge on any atom is 0.243 e. The van der Waals surface area contributed by atoms with Crippen molar-refractivity contribution in [3.05, 3.63) is 54.4 Å². The van der Waals surface area contributed by atoms with Gasteiger partial charge >= 0.3 is 0 Å². The van der Waals surface area contributed by atoms with Gasteiger partial charge in [0.05, 0.1) is 23.7 Å². The lowest BCUT2D eigenvalue weighted by Gasteiger charge is -2.17. The summed E-state index contributed by atoms with van der Waals surface area (Å²) in [6.07, 6.45) is 3.55. The van der Waals surface area contributed by atoms with Crippen molar-refractivity contribution in [2.75, 3.05) is 19.8 Å². The van der Waals surface area contributed by atoms with Crippen molar-refractivity contribution in [3.63, 3.8) is 0 Å². The molecule has 8 heteroatoms. The molecule has 0 saturated heterocycles. The highest BCUT2D eigenvalue weighted by molar-refractivity contribution is 7.98. The third-order valence-corrected chi connectivity index (χ3v) is 5.89. The van der Waals surface area contributed by atoms with Crippen LogP contribution in [-0.4, -0.2) is 43.5 Å². The van der Waals surface area contributed by atoms with Gasteiger partial charge in [0.25, 0.3) is 0 Å². The van der Waals surface area contributed by atoms with E-state index in [4.69, 9.17) is 0 Å². The molecule has 1 aromatic carbocycles. The molecule has 1 amide bonds. The molecule has 2 rings (SSSR count). The fourth-order valence-electron chi connectivity index (χ4n) is 1.96. The quantitative estimate of drug-likeness (QED) is 0.756. The van der Waals surface area contributed by atoms with E-state index in [1.54, 1.807) is 42.6 Å². The van der Waals surface area contributed by atoms with E-state index in [1.165, 1.54) is 18.8 Å². The largest absolute Gasteiger partial charge is 0.349 e. The minimum atomic E-state index is -3.69. The highest BCUT2D eigenvalue weighted by Crippen LogP contribution is 2.19. The molecule has 0 unspecified atom stereocenters. The van der Waals surface area contributed by atoms with Gasteiger partial charge in [-0.1, -0.05) is 6.07 Å². The van der Waals surface area contributed by atoms with Gasteiger partial charge in [0, 0.05) is 18.1 Å². The van der Waals surface area contributed by atoms with E-state index >= 15 is 0 Å². The Kier molecular flexibility index (Phi) is 6.36. The van der Waals surface area contributed by atoms with Crippen LogP contribution in [-0.2, 0) is 21.4 Å². The fourth-order valence-corrected chi connectivity index (χ4v) is 3.50. The van der Waals surface area contributed by atoms with Crippen LogP contribution >= 0.6 is 11.8 Å². The predicted molar refractivity (Wildman–Crippen MR) is 94.1 cm³/mol. The number of amides is 1. The predicted octanol–water partition coefficient (Wildman–Crippen LogP) is 1.74. The molecular weight excluding hydrogens is 346 g/mol. The summed E-state index contributed by atoms with van der Waals surface area (Å²) in [7, 11) is -2.31. The van der Waals surface area contributed by atoms with Crippen LogP contribution in [0.3, 0.4) is 0 Å². The average molecular weight is 365 g/mol. The summed E-state index contributed by atoms with van der Waals surface area (Å²) >= 11 is 1.53. The number of hydrogen-bond acceptors (Lipinski definition) is 5. The number of carbonyl (C=O) groups excluding carboxylic acids is 1. The van der Waals surface area contributed by atoms with Crippen molar-refractivity contribution in [2.24, 2.45) is 0 Å². The van der Waals surface area contributed by atoms with E-state index in [0.717, 1.165) is 9.20 Å². The van der Waals surface area contributed by atoms with Crippen molar-refractivity contribution in [2.45, 2.75) is 16.3 Å². The fraction of sp³-hybridized carbons (Fsp3) is 0.250. The van der Waals surface area contributed by atoms with E-state index in [1.807, 2.05) is 12.3 Å². The Bertz CT molecular complexity index is 778. The first-order valence-corrected chi connectivity index (χ1v) is 9.87. The van der Waals surface area contributed by atoms with Gasteiger partial charge in [0.2, 0.25) is 15.9 Å². The lowest BCUT2D eigenvalue weighted by Crippen LogP contribution is -2.38. The number of hydrogen-bond donors (Lipinski definition) is 1. The Morgan fingerprint density at radius 2 is 1.92 bits per heavy atom. The smallest absolute Gasteiger partial charge is 0.243 e. The number of benzene rings is 1. The summed E-state index contributed by atoms with van der Waals surface area (Å²) in [5.74, 6) is -0.382. The normalized spacial score (nSPS) is 11.5. The number of likely N-dealkylation sites (N-methyl/N-ethyl adjacent to an activating group) is 1. The first-order valence-electron chi connectivity index (χ1n) is 7.20. The van der Waals surface area contributed by atoms with Crippen LogP contribution in [0.1, 0.15) is 5.69 Å². The SMILES string of the molecule is CSc1ccc(S(=O)(=O)N(C)CC(=O)NCc2ccccn2)cc1. The lowest BCUT2D eigenvalue weighted by atomic mass is 10.3. The Labute approximate surface area is 146 Å². The zero-order chi connectivity index (χ0) is 17.6. The molecule has 0 aliphatic rings. The first-order chi connectivity index (χ1) is 11.4. The Hall–Kier alpha value is -1.90. The van der Waals surface area contributed by atoms with Crippen molar-refractivity contribution in [1.82, 2.24) is 14.6 Å². The summed E-state index contributed by atoms with van der Waals surface area (Å²) < 4.78 is 26.0. The molecule has 0 spiro atoms. The van der Waals surface area contributed by atoms with Crippen LogP contribution in [0.15, 0.2) is 58.5 Å². The number of nitrogens with zero attached hydrogens (tertiary/aromatic N) is 2. The molecule has 0 saturated carbocycles. The van der Waals surface area contributed by atoms with Gasteiger partial charge in [0.15, 0.2) is 0 Å². The molecule has 0 fully saturated rings. The van der Waals surface area contributed by atoms with E-state index in [2.05, 4.69) is 10.3 Å². The zero-order valence-electron chi connectivity index (χ0n) is 13.5. The van der Waals surface area contributed by atoms with Crippen LogP contribution in [0, 0.1) is 0 Å². The molecule has 1 heterocycles. The topological polar surface area (TPSA) is 79.4 Å². The molecule has 2 aromatic rings. The minimum absolute atomic E-state index is 0.167. The molecule has 128 valence electrons. The van der Waals surface area contributed by atoms with Gasteiger partial charge in [-0.15, -0.1) is 11.8 Å². The lowest BCUT2D eigenvalue weighted by molar-refractivity contribution is -0.121. The van der Waals surface area contributed by atoms with Gasteiger partial charge < -0.3 is 5.32 Å². The zero-order valence-corrected chi connectivity index (χ0v) is 15.1.